The lowest BCUT2D eigenvalue weighted by Crippen LogP contribution is -2.06. The molecule has 0 bridgehead atoms. The van der Waals surface area contributed by atoms with Crippen molar-refractivity contribution < 1.29 is 0 Å². The van der Waals surface area contributed by atoms with Crippen molar-refractivity contribution in [2.24, 2.45) is 0 Å². The molecular weight excluding hydrogens is 264 g/mol. The van der Waals surface area contributed by atoms with Crippen LogP contribution in [0.25, 0.3) is 5.82 Å². The van der Waals surface area contributed by atoms with Crippen molar-refractivity contribution in [3.63, 3.8) is 0 Å². The van der Waals surface area contributed by atoms with Crippen molar-refractivity contribution in [1.82, 2.24) is 24.3 Å². The Morgan fingerprint density at radius 2 is 2.19 bits per heavy atom. The monoisotopic (exact) mass is 282 g/mol. The predicted octanol–water partition coefficient (Wildman–Crippen LogP) is 2.66. The molecule has 3 heterocycles. The third kappa shape index (κ3) is 2.94. The SMILES string of the molecule is CCn1cc(C(C)Nc2ccc(-n3ccnc3)nc2)cn1. The number of aromatic nitrogens is 5. The summed E-state index contributed by atoms with van der Waals surface area (Å²) in [5.41, 5.74) is 2.14. The van der Waals surface area contributed by atoms with E-state index in [0.29, 0.717) is 0 Å². The highest BCUT2D eigenvalue weighted by Crippen LogP contribution is 2.18. The fourth-order valence-electron chi connectivity index (χ4n) is 2.13. The van der Waals surface area contributed by atoms with E-state index < -0.39 is 0 Å². The Morgan fingerprint density at radius 1 is 1.29 bits per heavy atom. The van der Waals surface area contributed by atoms with E-state index in [4.69, 9.17) is 0 Å². The number of aryl methyl sites for hydroxylation is 1. The zero-order chi connectivity index (χ0) is 14.7. The fourth-order valence-corrected chi connectivity index (χ4v) is 2.13. The Hall–Kier alpha value is -2.63. The standard InChI is InChI=1S/C15H18N6/c1-3-21-10-13(8-18-21)12(2)19-14-4-5-15(17-9-14)20-7-6-16-11-20/h4-12,19H,3H2,1-2H3. The van der Waals surface area contributed by atoms with Gasteiger partial charge in [-0.2, -0.15) is 5.10 Å². The minimum Gasteiger partial charge on any atom is -0.377 e. The van der Waals surface area contributed by atoms with E-state index in [2.05, 4.69) is 40.4 Å². The fraction of sp³-hybridized carbons (Fsp3) is 0.267. The third-order valence-electron chi connectivity index (χ3n) is 3.38. The highest BCUT2D eigenvalue weighted by molar-refractivity contribution is 5.45. The first kappa shape index (κ1) is 13.4. The predicted molar refractivity (Wildman–Crippen MR) is 81.3 cm³/mol. The molecule has 0 amide bonds. The normalized spacial score (nSPS) is 12.3. The molecule has 0 aliphatic carbocycles. The average molecular weight is 282 g/mol. The van der Waals surface area contributed by atoms with Crippen molar-refractivity contribution in [3.05, 3.63) is 55.0 Å². The number of anilines is 1. The van der Waals surface area contributed by atoms with E-state index in [0.717, 1.165) is 23.6 Å². The average Bonchev–Trinajstić information content (AvgIpc) is 3.19. The molecule has 0 spiro atoms. The van der Waals surface area contributed by atoms with Gasteiger partial charge in [0.15, 0.2) is 0 Å². The maximum absolute atomic E-state index is 4.43. The molecule has 0 saturated heterocycles. The van der Waals surface area contributed by atoms with Gasteiger partial charge in [-0.1, -0.05) is 0 Å². The van der Waals surface area contributed by atoms with Crippen LogP contribution in [0.5, 0.6) is 0 Å². The van der Waals surface area contributed by atoms with Crippen LogP contribution < -0.4 is 5.32 Å². The smallest absolute Gasteiger partial charge is 0.137 e. The van der Waals surface area contributed by atoms with Crippen LogP contribution in [0.15, 0.2) is 49.4 Å². The van der Waals surface area contributed by atoms with Crippen LogP contribution in [-0.4, -0.2) is 24.3 Å². The van der Waals surface area contributed by atoms with Crippen molar-refractivity contribution in [2.45, 2.75) is 26.4 Å². The van der Waals surface area contributed by atoms with E-state index in [9.17, 15) is 0 Å². The number of pyridine rings is 1. The molecule has 6 nitrogen and oxygen atoms in total. The minimum atomic E-state index is 0.186. The largest absolute Gasteiger partial charge is 0.377 e. The molecule has 108 valence electrons. The Balaban J connectivity index is 1.70. The molecule has 3 rings (SSSR count). The summed E-state index contributed by atoms with van der Waals surface area (Å²) in [4.78, 5) is 8.45. The summed E-state index contributed by atoms with van der Waals surface area (Å²) in [6, 6.07) is 4.17. The molecular formula is C15H18N6. The molecule has 6 heteroatoms. The Kier molecular flexibility index (Phi) is 3.68. The first-order chi connectivity index (χ1) is 10.3. The van der Waals surface area contributed by atoms with Gasteiger partial charge in [-0.15, -0.1) is 0 Å². The van der Waals surface area contributed by atoms with E-state index in [1.54, 1.807) is 12.5 Å². The lowest BCUT2D eigenvalue weighted by molar-refractivity contribution is 0.658. The summed E-state index contributed by atoms with van der Waals surface area (Å²) in [5, 5.41) is 7.72. The second kappa shape index (κ2) is 5.78. The summed E-state index contributed by atoms with van der Waals surface area (Å²) >= 11 is 0. The van der Waals surface area contributed by atoms with Gasteiger partial charge in [0.05, 0.1) is 24.1 Å². The molecule has 21 heavy (non-hydrogen) atoms. The number of nitrogens with one attached hydrogen (secondary N) is 1. The second-order valence-electron chi connectivity index (χ2n) is 4.87. The van der Waals surface area contributed by atoms with Crippen LogP contribution in [0.2, 0.25) is 0 Å². The number of hydrogen-bond donors (Lipinski definition) is 1. The van der Waals surface area contributed by atoms with Gasteiger partial charge in [-0.3, -0.25) is 9.25 Å². The highest BCUT2D eigenvalue weighted by Gasteiger charge is 2.08. The van der Waals surface area contributed by atoms with Crippen molar-refractivity contribution in [3.8, 4) is 5.82 Å². The van der Waals surface area contributed by atoms with Crippen LogP contribution in [0.3, 0.4) is 0 Å². The van der Waals surface area contributed by atoms with E-state index in [1.807, 2.05) is 40.0 Å². The number of imidazole rings is 1. The van der Waals surface area contributed by atoms with Gasteiger partial charge in [-0.25, -0.2) is 9.97 Å². The lowest BCUT2D eigenvalue weighted by atomic mass is 10.2. The van der Waals surface area contributed by atoms with E-state index >= 15 is 0 Å². The van der Waals surface area contributed by atoms with Crippen LogP contribution in [0.1, 0.15) is 25.5 Å². The molecule has 0 saturated carbocycles. The van der Waals surface area contributed by atoms with Crippen LogP contribution in [0, 0.1) is 0 Å². The topological polar surface area (TPSA) is 60.6 Å². The van der Waals surface area contributed by atoms with Gasteiger partial charge < -0.3 is 5.32 Å². The molecule has 1 unspecified atom stereocenters. The molecule has 3 aromatic heterocycles. The zero-order valence-corrected chi connectivity index (χ0v) is 12.1. The zero-order valence-electron chi connectivity index (χ0n) is 12.1. The van der Waals surface area contributed by atoms with Crippen molar-refractivity contribution in [2.75, 3.05) is 5.32 Å². The molecule has 3 aromatic rings. The quantitative estimate of drug-likeness (QED) is 0.781. The Labute approximate surface area is 123 Å². The third-order valence-corrected chi connectivity index (χ3v) is 3.38. The molecule has 0 aromatic carbocycles. The van der Waals surface area contributed by atoms with Gasteiger partial charge in [0.2, 0.25) is 0 Å². The van der Waals surface area contributed by atoms with E-state index in [1.165, 1.54) is 0 Å². The van der Waals surface area contributed by atoms with Crippen molar-refractivity contribution >= 4 is 5.69 Å². The maximum Gasteiger partial charge on any atom is 0.137 e. The minimum absolute atomic E-state index is 0.186. The summed E-state index contributed by atoms with van der Waals surface area (Å²) in [7, 11) is 0. The molecule has 0 fully saturated rings. The summed E-state index contributed by atoms with van der Waals surface area (Å²) in [6.07, 6.45) is 11.1. The Morgan fingerprint density at radius 3 is 2.81 bits per heavy atom. The summed E-state index contributed by atoms with van der Waals surface area (Å²) in [6.45, 7) is 5.07. The highest BCUT2D eigenvalue weighted by atomic mass is 15.3. The Bertz CT molecular complexity index is 683. The summed E-state index contributed by atoms with van der Waals surface area (Å²) < 4.78 is 3.80. The molecule has 0 radical (unpaired) electrons. The lowest BCUT2D eigenvalue weighted by Gasteiger charge is -2.13. The van der Waals surface area contributed by atoms with Gasteiger partial charge in [-0.05, 0) is 26.0 Å². The van der Waals surface area contributed by atoms with Gasteiger partial charge in [0, 0.05) is 30.7 Å². The van der Waals surface area contributed by atoms with Crippen molar-refractivity contribution in [1.29, 1.82) is 0 Å². The number of nitrogens with zero attached hydrogens (tertiary/aromatic N) is 5. The van der Waals surface area contributed by atoms with Crippen LogP contribution in [-0.2, 0) is 6.54 Å². The van der Waals surface area contributed by atoms with Crippen LogP contribution in [0.4, 0.5) is 5.69 Å². The summed E-state index contributed by atoms with van der Waals surface area (Å²) in [5.74, 6) is 0.851. The maximum atomic E-state index is 4.43. The van der Waals surface area contributed by atoms with Gasteiger partial charge in [0.25, 0.3) is 0 Å². The van der Waals surface area contributed by atoms with E-state index in [-0.39, 0.29) is 6.04 Å². The molecule has 1 N–H and O–H groups in total. The first-order valence-corrected chi connectivity index (χ1v) is 6.99. The molecule has 1 atom stereocenters. The second-order valence-corrected chi connectivity index (χ2v) is 4.87. The number of hydrogen-bond acceptors (Lipinski definition) is 4. The van der Waals surface area contributed by atoms with Crippen LogP contribution >= 0.6 is 0 Å². The van der Waals surface area contributed by atoms with Gasteiger partial charge in [0.1, 0.15) is 12.1 Å². The molecule has 0 aliphatic heterocycles. The first-order valence-electron chi connectivity index (χ1n) is 6.99. The number of rotatable bonds is 5. The van der Waals surface area contributed by atoms with Gasteiger partial charge >= 0.3 is 0 Å². The molecule has 0 aliphatic rings.